The zero-order valence-electron chi connectivity index (χ0n) is 11.5. The number of nitrogens with one attached hydrogen (secondary N) is 1. The maximum atomic E-state index is 3.31. The van der Waals surface area contributed by atoms with Crippen LogP contribution < -0.4 is 10.2 Å². The highest BCUT2D eigenvalue weighted by Gasteiger charge is 2.30. The standard InChI is InChI=1S/C15H24N2/c1-11-5-6-12(2)15(9-11)17-8-7-14(10-16-4)13(17)3/h5-6,9,13-14,16H,7-8,10H2,1-4H3. The van der Waals surface area contributed by atoms with Gasteiger partial charge in [0.25, 0.3) is 0 Å². The lowest BCUT2D eigenvalue weighted by molar-refractivity contribution is 0.473. The van der Waals surface area contributed by atoms with Gasteiger partial charge < -0.3 is 10.2 Å². The summed E-state index contributed by atoms with van der Waals surface area (Å²) in [5.74, 6) is 0.778. The van der Waals surface area contributed by atoms with Crippen molar-refractivity contribution in [2.75, 3.05) is 25.0 Å². The van der Waals surface area contributed by atoms with E-state index in [0.29, 0.717) is 6.04 Å². The fraction of sp³-hybridized carbons (Fsp3) is 0.600. The van der Waals surface area contributed by atoms with Crippen LogP contribution in [0.5, 0.6) is 0 Å². The lowest BCUT2D eigenvalue weighted by Crippen LogP contribution is -2.33. The van der Waals surface area contributed by atoms with Crippen molar-refractivity contribution >= 4 is 5.69 Å². The van der Waals surface area contributed by atoms with Crippen LogP contribution in [0, 0.1) is 19.8 Å². The second kappa shape index (κ2) is 5.09. The van der Waals surface area contributed by atoms with Crippen LogP contribution in [0.4, 0.5) is 5.69 Å². The summed E-state index contributed by atoms with van der Waals surface area (Å²) in [4.78, 5) is 2.57. The summed E-state index contributed by atoms with van der Waals surface area (Å²) in [5.41, 5.74) is 4.18. The summed E-state index contributed by atoms with van der Waals surface area (Å²) in [6.45, 7) is 9.07. The molecule has 2 unspecified atom stereocenters. The number of hydrogen-bond donors (Lipinski definition) is 1. The largest absolute Gasteiger partial charge is 0.368 e. The first-order valence-electron chi connectivity index (χ1n) is 6.62. The Bertz CT molecular complexity index is 387. The van der Waals surface area contributed by atoms with E-state index in [4.69, 9.17) is 0 Å². The SMILES string of the molecule is CNCC1CCN(c2cc(C)ccc2C)C1C. The molecule has 94 valence electrons. The van der Waals surface area contributed by atoms with Crippen LogP contribution in [0.15, 0.2) is 18.2 Å². The molecule has 1 fully saturated rings. The molecule has 2 nitrogen and oxygen atoms in total. The molecular weight excluding hydrogens is 208 g/mol. The van der Waals surface area contributed by atoms with Crippen LogP contribution in [0.25, 0.3) is 0 Å². The number of nitrogens with zero attached hydrogens (tertiary/aromatic N) is 1. The molecule has 0 aromatic heterocycles. The summed E-state index contributed by atoms with van der Waals surface area (Å²) in [7, 11) is 2.05. The molecule has 0 amide bonds. The zero-order chi connectivity index (χ0) is 12.4. The Morgan fingerprint density at radius 3 is 2.82 bits per heavy atom. The van der Waals surface area contributed by atoms with Crippen molar-refractivity contribution in [2.45, 2.75) is 33.2 Å². The summed E-state index contributed by atoms with van der Waals surface area (Å²) in [6.07, 6.45) is 1.30. The number of hydrogen-bond acceptors (Lipinski definition) is 2. The molecule has 1 N–H and O–H groups in total. The molecule has 1 aliphatic heterocycles. The molecule has 1 heterocycles. The maximum Gasteiger partial charge on any atom is 0.0401 e. The van der Waals surface area contributed by atoms with E-state index in [1.165, 1.54) is 29.8 Å². The van der Waals surface area contributed by atoms with Gasteiger partial charge in [-0.3, -0.25) is 0 Å². The van der Waals surface area contributed by atoms with Gasteiger partial charge in [0.15, 0.2) is 0 Å². The minimum Gasteiger partial charge on any atom is -0.368 e. The van der Waals surface area contributed by atoms with E-state index in [-0.39, 0.29) is 0 Å². The maximum absolute atomic E-state index is 3.31. The van der Waals surface area contributed by atoms with Gasteiger partial charge in [-0.25, -0.2) is 0 Å². The molecular formula is C15H24N2. The van der Waals surface area contributed by atoms with Gasteiger partial charge >= 0.3 is 0 Å². The highest BCUT2D eigenvalue weighted by molar-refractivity contribution is 5.56. The van der Waals surface area contributed by atoms with Crippen molar-refractivity contribution in [3.63, 3.8) is 0 Å². The Morgan fingerprint density at radius 1 is 1.35 bits per heavy atom. The third-order valence-corrected chi connectivity index (χ3v) is 4.06. The smallest absolute Gasteiger partial charge is 0.0401 e. The van der Waals surface area contributed by atoms with Gasteiger partial charge in [-0.1, -0.05) is 12.1 Å². The molecule has 0 aliphatic carbocycles. The lowest BCUT2D eigenvalue weighted by atomic mass is 10.0. The molecule has 17 heavy (non-hydrogen) atoms. The molecule has 0 saturated carbocycles. The fourth-order valence-electron chi connectivity index (χ4n) is 2.91. The van der Waals surface area contributed by atoms with E-state index in [2.05, 4.69) is 49.2 Å². The van der Waals surface area contributed by atoms with Crippen LogP contribution in [-0.4, -0.2) is 26.2 Å². The van der Waals surface area contributed by atoms with Crippen molar-refractivity contribution in [1.29, 1.82) is 0 Å². The monoisotopic (exact) mass is 232 g/mol. The van der Waals surface area contributed by atoms with E-state index < -0.39 is 0 Å². The summed E-state index contributed by atoms with van der Waals surface area (Å²) in [6, 6.07) is 7.41. The average Bonchev–Trinajstić information content (AvgIpc) is 2.65. The lowest BCUT2D eigenvalue weighted by Gasteiger charge is -2.28. The fourth-order valence-corrected chi connectivity index (χ4v) is 2.91. The van der Waals surface area contributed by atoms with Gasteiger partial charge in [0, 0.05) is 18.3 Å². The van der Waals surface area contributed by atoms with Gasteiger partial charge in [-0.2, -0.15) is 0 Å². The topological polar surface area (TPSA) is 15.3 Å². The first kappa shape index (κ1) is 12.4. The van der Waals surface area contributed by atoms with Crippen LogP contribution in [0.2, 0.25) is 0 Å². The van der Waals surface area contributed by atoms with Gasteiger partial charge in [0.2, 0.25) is 0 Å². The molecule has 2 rings (SSSR count). The average molecular weight is 232 g/mol. The number of anilines is 1. The number of rotatable bonds is 3. The van der Waals surface area contributed by atoms with Crippen molar-refractivity contribution in [2.24, 2.45) is 5.92 Å². The molecule has 0 radical (unpaired) electrons. The molecule has 0 bridgehead atoms. The first-order chi connectivity index (χ1) is 8.13. The molecule has 1 aromatic rings. The number of aryl methyl sites for hydroxylation is 2. The third-order valence-electron chi connectivity index (χ3n) is 4.06. The van der Waals surface area contributed by atoms with Crippen LogP contribution in [0.1, 0.15) is 24.5 Å². The molecule has 0 spiro atoms. The quantitative estimate of drug-likeness (QED) is 0.862. The van der Waals surface area contributed by atoms with Crippen molar-refractivity contribution in [3.8, 4) is 0 Å². The normalized spacial score (nSPS) is 24.4. The Kier molecular flexibility index (Phi) is 3.72. The molecule has 1 aromatic carbocycles. The Hall–Kier alpha value is -1.02. The second-order valence-corrected chi connectivity index (χ2v) is 5.33. The van der Waals surface area contributed by atoms with Gasteiger partial charge in [0.1, 0.15) is 0 Å². The van der Waals surface area contributed by atoms with E-state index in [1.54, 1.807) is 0 Å². The molecule has 1 saturated heterocycles. The second-order valence-electron chi connectivity index (χ2n) is 5.33. The summed E-state index contributed by atoms with van der Waals surface area (Å²) >= 11 is 0. The molecule has 1 aliphatic rings. The van der Waals surface area contributed by atoms with E-state index >= 15 is 0 Å². The minimum absolute atomic E-state index is 0.642. The van der Waals surface area contributed by atoms with E-state index in [0.717, 1.165) is 12.5 Å². The third kappa shape index (κ3) is 2.47. The van der Waals surface area contributed by atoms with Gasteiger partial charge in [0.05, 0.1) is 0 Å². The Morgan fingerprint density at radius 2 is 2.12 bits per heavy atom. The van der Waals surface area contributed by atoms with Crippen LogP contribution >= 0.6 is 0 Å². The zero-order valence-corrected chi connectivity index (χ0v) is 11.5. The summed E-state index contributed by atoms with van der Waals surface area (Å²) in [5, 5.41) is 3.31. The molecule has 2 atom stereocenters. The first-order valence-corrected chi connectivity index (χ1v) is 6.62. The van der Waals surface area contributed by atoms with E-state index in [1.807, 2.05) is 7.05 Å². The van der Waals surface area contributed by atoms with Crippen LogP contribution in [-0.2, 0) is 0 Å². The van der Waals surface area contributed by atoms with Crippen LogP contribution in [0.3, 0.4) is 0 Å². The van der Waals surface area contributed by atoms with Gasteiger partial charge in [-0.05, 0) is 63.9 Å². The molecule has 2 heteroatoms. The van der Waals surface area contributed by atoms with Gasteiger partial charge in [-0.15, -0.1) is 0 Å². The summed E-state index contributed by atoms with van der Waals surface area (Å²) < 4.78 is 0. The predicted molar refractivity (Wildman–Crippen MR) is 74.8 cm³/mol. The van der Waals surface area contributed by atoms with Crippen molar-refractivity contribution in [3.05, 3.63) is 29.3 Å². The number of benzene rings is 1. The highest BCUT2D eigenvalue weighted by Crippen LogP contribution is 2.32. The van der Waals surface area contributed by atoms with Crippen molar-refractivity contribution < 1.29 is 0 Å². The Balaban J connectivity index is 2.20. The Labute approximate surface area is 105 Å². The predicted octanol–water partition coefficient (Wildman–Crippen LogP) is 2.74. The van der Waals surface area contributed by atoms with Crippen molar-refractivity contribution in [1.82, 2.24) is 5.32 Å². The minimum atomic E-state index is 0.642. The highest BCUT2D eigenvalue weighted by atomic mass is 15.2. The van der Waals surface area contributed by atoms with E-state index in [9.17, 15) is 0 Å².